The molecule has 1 saturated heterocycles. The van der Waals surface area contributed by atoms with Gasteiger partial charge in [-0.2, -0.15) is 0 Å². The van der Waals surface area contributed by atoms with Crippen molar-refractivity contribution in [2.24, 2.45) is 0 Å². The third kappa shape index (κ3) is 3.65. The molecule has 1 aliphatic heterocycles. The molecule has 1 amide bonds. The van der Waals surface area contributed by atoms with Crippen molar-refractivity contribution in [2.75, 3.05) is 26.2 Å². The Hall–Kier alpha value is -1.20. The first-order valence-electron chi connectivity index (χ1n) is 5.93. The molecule has 0 radical (unpaired) electrons. The molecule has 0 bridgehead atoms. The maximum absolute atomic E-state index is 12.1. The summed E-state index contributed by atoms with van der Waals surface area (Å²) in [5, 5.41) is 2.80. The van der Waals surface area contributed by atoms with Gasteiger partial charge in [-0.25, -0.2) is 0 Å². The summed E-state index contributed by atoms with van der Waals surface area (Å²) in [6.07, 6.45) is 0.464. The zero-order valence-electron chi connectivity index (χ0n) is 9.99. The van der Waals surface area contributed by atoms with Gasteiger partial charge in [-0.1, -0.05) is 28.1 Å². The van der Waals surface area contributed by atoms with Crippen LogP contribution in [0.1, 0.15) is 16.8 Å². The van der Waals surface area contributed by atoms with Gasteiger partial charge in [0, 0.05) is 36.1 Å². The SMILES string of the molecule is O=C1CCN(CC(=O)c2cccc(Br)c2)CCN1. The molecule has 1 heterocycles. The highest BCUT2D eigenvalue weighted by Gasteiger charge is 2.16. The summed E-state index contributed by atoms with van der Waals surface area (Å²) < 4.78 is 0.904. The number of rotatable bonds is 3. The second-order valence-electron chi connectivity index (χ2n) is 4.31. The van der Waals surface area contributed by atoms with Gasteiger partial charge < -0.3 is 5.32 Å². The molecule has 0 aromatic heterocycles. The van der Waals surface area contributed by atoms with Crippen molar-refractivity contribution in [1.29, 1.82) is 0 Å². The van der Waals surface area contributed by atoms with Crippen molar-refractivity contribution in [2.45, 2.75) is 6.42 Å². The fourth-order valence-electron chi connectivity index (χ4n) is 1.93. The van der Waals surface area contributed by atoms with E-state index in [2.05, 4.69) is 21.2 Å². The van der Waals surface area contributed by atoms with Crippen LogP contribution < -0.4 is 5.32 Å². The minimum absolute atomic E-state index is 0.0624. The number of carbonyl (C=O) groups is 2. The highest BCUT2D eigenvalue weighted by atomic mass is 79.9. The highest BCUT2D eigenvalue weighted by molar-refractivity contribution is 9.10. The molecule has 0 atom stereocenters. The van der Waals surface area contributed by atoms with Crippen molar-refractivity contribution < 1.29 is 9.59 Å². The zero-order valence-corrected chi connectivity index (χ0v) is 11.6. The minimum atomic E-state index is 0.0624. The predicted octanol–water partition coefficient (Wildman–Crippen LogP) is 1.45. The largest absolute Gasteiger partial charge is 0.355 e. The molecule has 18 heavy (non-hydrogen) atoms. The molecule has 0 saturated carbocycles. The number of hydrogen-bond acceptors (Lipinski definition) is 3. The Morgan fingerprint density at radius 3 is 3.00 bits per heavy atom. The van der Waals surface area contributed by atoms with Gasteiger partial charge in [0.25, 0.3) is 0 Å². The Balaban J connectivity index is 1.96. The first-order valence-corrected chi connectivity index (χ1v) is 6.72. The standard InChI is InChI=1S/C13H15BrN2O2/c14-11-3-1-2-10(8-11)12(17)9-16-6-4-13(18)15-5-7-16/h1-3,8H,4-7,9H2,(H,15,18). The number of nitrogens with zero attached hydrogens (tertiary/aromatic N) is 1. The fraction of sp³-hybridized carbons (Fsp3) is 0.385. The fourth-order valence-corrected chi connectivity index (χ4v) is 2.33. The summed E-state index contributed by atoms with van der Waals surface area (Å²) in [4.78, 5) is 25.3. The van der Waals surface area contributed by atoms with Gasteiger partial charge >= 0.3 is 0 Å². The first kappa shape index (κ1) is 13.2. The van der Waals surface area contributed by atoms with Crippen LogP contribution in [0.15, 0.2) is 28.7 Å². The number of halogens is 1. The molecular weight excluding hydrogens is 296 g/mol. The lowest BCUT2D eigenvalue weighted by atomic mass is 10.1. The van der Waals surface area contributed by atoms with E-state index in [0.29, 0.717) is 31.6 Å². The highest BCUT2D eigenvalue weighted by Crippen LogP contribution is 2.12. The molecule has 4 nitrogen and oxygen atoms in total. The predicted molar refractivity (Wildman–Crippen MR) is 72.5 cm³/mol. The van der Waals surface area contributed by atoms with Gasteiger partial charge in [0.15, 0.2) is 5.78 Å². The number of Topliss-reactive ketones (excluding diaryl/α,β-unsaturated/α-hetero) is 1. The van der Waals surface area contributed by atoms with Crippen molar-refractivity contribution in [3.05, 3.63) is 34.3 Å². The number of carbonyl (C=O) groups excluding carboxylic acids is 2. The lowest BCUT2D eigenvalue weighted by Crippen LogP contribution is -2.33. The molecule has 0 spiro atoms. The van der Waals surface area contributed by atoms with E-state index in [1.165, 1.54) is 0 Å². The normalized spacial score (nSPS) is 17.1. The van der Waals surface area contributed by atoms with Gasteiger partial charge in [0.2, 0.25) is 5.91 Å². The van der Waals surface area contributed by atoms with E-state index in [-0.39, 0.29) is 11.7 Å². The zero-order chi connectivity index (χ0) is 13.0. The molecule has 1 N–H and O–H groups in total. The quantitative estimate of drug-likeness (QED) is 0.860. The van der Waals surface area contributed by atoms with Gasteiger partial charge in [-0.15, -0.1) is 0 Å². The number of hydrogen-bond donors (Lipinski definition) is 1. The van der Waals surface area contributed by atoms with Crippen LogP contribution in [0.2, 0.25) is 0 Å². The number of ketones is 1. The summed E-state index contributed by atoms with van der Waals surface area (Å²) in [6, 6.07) is 7.38. The lowest BCUT2D eigenvalue weighted by molar-refractivity contribution is -0.120. The van der Waals surface area contributed by atoms with E-state index in [4.69, 9.17) is 0 Å². The average molecular weight is 311 g/mol. The van der Waals surface area contributed by atoms with Crippen LogP contribution in [0, 0.1) is 0 Å². The van der Waals surface area contributed by atoms with Crippen LogP contribution in [-0.4, -0.2) is 42.8 Å². The number of nitrogens with one attached hydrogen (secondary N) is 1. The van der Waals surface area contributed by atoms with Gasteiger partial charge in [0.05, 0.1) is 6.54 Å². The van der Waals surface area contributed by atoms with E-state index >= 15 is 0 Å². The molecule has 1 aromatic rings. The Morgan fingerprint density at radius 2 is 2.22 bits per heavy atom. The topological polar surface area (TPSA) is 49.4 Å². The summed E-state index contributed by atoms with van der Waals surface area (Å²) in [7, 11) is 0. The van der Waals surface area contributed by atoms with E-state index in [0.717, 1.165) is 11.0 Å². The second-order valence-corrected chi connectivity index (χ2v) is 5.23. The van der Waals surface area contributed by atoms with Crippen LogP contribution in [0.4, 0.5) is 0 Å². The van der Waals surface area contributed by atoms with Crippen LogP contribution in [0.3, 0.4) is 0 Å². The Morgan fingerprint density at radius 1 is 1.39 bits per heavy atom. The second kappa shape index (κ2) is 6.11. The van der Waals surface area contributed by atoms with Crippen LogP contribution >= 0.6 is 15.9 Å². The molecule has 0 aliphatic carbocycles. The van der Waals surface area contributed by atoms with Crippen LogP contribution in [-0.2, 0) is 4.79 Å². The molecule has 1 aliphatic rings. The van der Waals surface area contributed by atoms with Crippen molar-refractivity contribution in [3.63, 3.8) is 0 Å². The summed E-state index contributed by atoms with van der Waals surface area (Å²) >= 11 is 3.36. The van der Waals surface area contributed by atoms with Crippen LogP contribution in [0.25, 0.3) is 0 Å². The Bertz CT molecular complexity index is 462. The van der Waals surface area contributed by atoms with E-state index < -0.39 is 0 Å². The van der Waals surface area contributed by atoms with Gasteiger partial charge in [-0.3, -0.25) is 14.5 Å². The van der Waals surface area contributed by atoms with Crippen molar-refractivity contribution >= 4 is 27.6 Å². The molecule has 96 valence electrons. The maximum Gasteiger partial charge on any atom is 0.221 e. The smallest absolute Gasteiger partial charge is 0.221 e. The third-order valence-corrected chi connectivity index (χ3v) is 3.41. The number of benzene rings is 1. The molecule has 0 unspecified atom stereocenters. The van der Waals surface area contributed by atoms with Crippen molar-refractivity contribution in [1.82, 2.24) is 10.2 Å². The lowest BCUT2D eigenvalue weighted by Gasteiger charge is -2.17. The monoisotopic (exact) mass is 310 g/mol. The third-order valence-electron chi connectivity index (χ3n) is 2.92. The summed E-state index contributed by atoms with van der Waals surface area (Å²) in [6.45, 7) is 2.35. The van der Waals surface area contributed by atoms with Crippen molar-refractivity contribution in [3.8, 4) is 0 Å². The van der Waals surface area contributed by atoms with E-state index in [1.54, 1.807) is 0 Å². The average Bonchev–Trinajstić information content (AvgIpc) is 2.54. The van der Waals surface area contributed by atoms with E-state index in [9.17, 15) is 9.59 Å². The maximum atomic E-state index is 12.1. The van der Waals surface area contributed by atoms with Gasteiger partial charge in [-0.05, 0) is 12.1 Å². The Labute approximate surface area is 114 Å². The molecule has 1 fully saturated rings. The molecular formula is C13H15BrN2O2. The molecule has 2 rings (SSSR count). The Kier molecular flexibility index (Phi) is 4.49. The summed E-state index contributed by atoms with van der Waals surface area (Å²) in [5.41, 5.74) is 0.702. The van der Waals surface area contributed by atoms with E-state index in [1.807, 2.05) is 29.2 Å². The minimum Gasteiger partial charge on any atom is -0.355 e. The first-order chi connectivity index (χ1) is 8.65. The molecule has 1 aromatic carbocycles. The van der Waals surface area contributed by atoms with Gasteiger partial charge in [0.1, 0.15) is 0 Å². The molecule has 5 heteroatoms. The van der Waals surface area contributed by atoms with Crippen LogP contribution in [0.5, 0.6) is 0 Å². The number of amides is 1. The summed E-state index contributed by atoms with van der Waals surface area (Å²) in [5.74, 6) is 0.151.